The predicted octanol–water partition coefficient (Wildman–Crippen LogP) is 4.92. The minimum absolute atomic E-state index is 0.0581. The maximum absolute atomic E-state index is 14.2. The first kappa shape index (κ1) is 15.7. The highest BCUT2D eigenvalue weighted by Gasteiger charge is 2.40. The van der Waals surface area contributed by atoms with Crippen molar-refractivity contribution in [2.75, 3.05) is 5.33 Å². The van der Waals surface area contributed by atoms with Gasteiger partial charge in [0.25, 0.3) is 0 Å². The van der Waals surface area contributed by atoms with Gasteiger partial charge >= 0.3 is 0 Å². The van der Waals surface area contributed by atoms with Crippen LogP contribution >= 0.6 is 15.9 Å². The Bertz CT molecular complexity index is 646. The van der Waals surface area contributed by atoms with Crippen LogP contribution in [0, 0.1) is 23.0 Å². The summed E-state index contributed by atoms with van der Waals surface area (Å²) in [5.41, 5.74) is -0.326. The lowest BCUT2D eigenvalue weighted by Crippen LogP contribution is -2.34. The van der Waals surface area contributed by atoms with Crippen molar-refractivity contribution in [3.63, 3.8) is 0 Å². The molecule has 0 saturated heterocycles. The van der Waals surface area contributed by atoms with Gasteiger partial charge in [0.1, 0.15) is 11.6 Å². The number of nitrogens with zero attached hydrogens (tertiary/aromatic N) is 1. The number of hydrogen-bond acceptors (Lipinski definition) is 1. The molecule has 4 heteroatoms. The van der Waals surface area contributed by atoms with Gasteiger partial charge < -0.3 is 0 Å². The Hall–Kier alpha value is -1.73. The van der Waals surface area contributed by atoms with Gasteiger partial charge in [-0.25, -0.2) is 8.78 Å². The molecule has 0 spiro atoms. The van der Waals surface area contributed by atoms with E-state index in [0.29, 0.717) is 0 Å². The summed E-state index contributed by atoms with van der Waals surface area (Å²) >= 11 is 3.33. The van der Waals surface area contributed by atoms with E-state index in [-0.39, 0.29) is 10.9 Å². The number of benzene rings is 2. The molecule has 0 fully saturated rings. The molecule has 0 heterocycles. The molecule has 0 radical (unpaired) electrons. The third-order valence-electron chi connectivity index (χ3n) is 3.71. The molecule has 0 aliphatic heterocycles. The second-order valence-electron chi connectivity index (χ2n) is 5.12. The molecular formula is C17H14BrF2N. The molecule has 0 aliphatic rings. The van der Waals surface area contributed by atoms with Crippen molar-refractivity contribution in [2.45, 2.75) is 18.3 Å². The fourth-order valence-corrected chi connectivity index (χ4v) is 3.17. The van der Waals surface area contributed by atoms with E-state index in [1.807, 2.05) is 18.2 Å². The zero-order valence-corrected chi connectivity index (χ0v) is 13.1. The molecule has 0 aliphatic carbocycles. The summed E-state index contributed by atoms with van der Waals surface area (Å²) in [5, 5.41) is 9.84. The largest absolute Gasteiger partial charge is 0.207 e. The van der Waals surface area contributed by atoms with Crippen molar-refractivity contribution in [1.82, 2.24) is 0 Å². The zero-order valence-electron chi connectivity index (χ0n) is 11.5. The summed E-state index contributed by atoms with van der Waals surface area (Å²) in [5.74, 6) is -1.93. The summed E-state index contributed by atoms with van der Waals surface area (Å²) in [6, 6.07) is 15.0. The average Bonchev–Trinajstić information content (AvgIpc) is 2.49. The molecule has 0 N–H and O–H groups in total. The molecule has 0 saturated carbocycles. The van der Waals surface area contributed by atoms with E-state index in [1.54, 1.807) is 19.1 Å². The van der Waals surface area contributed by atoms with Crippen LogP contribution in [0.25, 0.3) is 0 Å². The van der Waals surface area contributed by atoms with E-state index in [9.17, 15) is 14.0 Å². The minimum Gasteiger partial charge on any atom is -0.207 e. The number of alkyl halides is 1. The Morgan fingerprint density at radius 2 is 1.67 bits per heavy atom. The molecule has 1 nitrogen and oxygen atoms in total. The highest BCUT2D eigenvalue weighted by molar-refractivity contribution is 9.09. The lowest BCUT2D eigenvalue weighted by Gasteiger charge is -2.33. The van der Waals surface area contributed by atoms with Crippen molar-refractivity contribution < 1.29 is 8.78 Å². The number of hydrogen-bond donors (Lipinski definition) is 0. The Labute approximate surface area is 131 Å². The highest BCUT2D eigenvalue weighted by atomic mass is 79.9. The van der Waals surface area contributed by atoms with Crippen molar-refractivity contribution in [1.29, 1.82) is 5.26 Å². The van der Waals surface area contributed by atoms with E-state index in [0.717, 1.165) is 5.56 Å². The lowest BCUT2D eigenvalue weighted by molar-refractivity contribution is 0.426. The van der Waals surface area contributed by atoms with Gasteiger partial charge in [-0.3, -0.25) is 0 Å². The summed E-state index contributed by atoms with van der Waals surface area (Å²) < 4.78 is 28.3. The molecule has 1 unspecified atom stereocenters. The summed E-state index contributed by atoms with van der Waals surface area (Å²) in [6.45, 7) is 1.70. The van der Waals surface area contributed by atoms with Gasteiger partial charge in [-0.2, -0.15) is 5.26 Å². The molecule has 2 atom stereocenters. The van der Waals surface area contributed by atoms with E-state index >= 15 is 0 Å². The highest BCUT2D eigenvalue weighted by Crippen LogP contribution is 2.42. The van der Waals surface area contributed by atoms with Crippen molar-refractivity contribution in [3.05, 3.63) is 71.3 Å². The van der Waals surface area contributed by atoms with Gasteiger partial charge in [0.15, 0.2) is 0 Å². The molecule has 108 valence electrons. The summed E-state index contributed by atoms with van der Waals surface area (Å²) in [6.07, 6.45) is 0. The quantitative estimate of drug-likeness (QED) is 0.718. The topological polar surface area (TPSA) is 23.8 Å². The smallest absolute Gasteiger partial charge is 0.129 e. The van der Waals surface area contributed by atoms with Crippen LogP contribution in [0.15, 0.2) is 48.5 Å². The SMILES string of the molecule is CC(CBr)(c1c(F)cccc1F)[C@H](C#N)c1ccccc1. The molecule has 2 aromatic rings. The number of nitriles is 1. The summed E-state index contributed by atoms with van der Waals surface area (Å²) in [4.78, 5) is 0. The Kier molecular flexibility index (Phi) is 4.74. The van der Waals surface area contributed by atoms with Crippen LogP contribution in [0.5, 0.6) is 0 Å². The standard InChI is InChI=1S/C17H14BrF2N/c1-17(11-18,16-14(19)8-5-9-15(16)20)13(10-21)12-6-3-2-4-7-12/h2-9,13H,11H2,1H3/t13-,17?/m1/s1. The first-order chi connectivity index (χ1) is 10.0. The zero-order chi connectivity index (χ0) is 15.5. The van der Waals surface area contributed by atoms with Gasteiger partial charge in [-0.05, 0) is 17.7 Å². The maximum atomic E-state index is 14.2. The molecule has 21 heavy (non-hydrogen) atoms. The fourth-order valence-electron chi connectivity index (χ4n) is 2.56. The van der Waals surface area contributed by atoms with Crippen LogP contribution in [0.1, 0.15) is 24.0 Å². The van der Waals surface area contributed by atoms with Crippen LogP contribution < -0.4 is 0 Å². The lowest BCUT2D eigenvalue weighted by atomic mass is 9.70. The van der Waals surface area contributed by atoms with E-state index in [2.05, 4.69) is 22.0 Å². The van der Waals surface area contributed by atoms with Crippen molar-refractivity contribution in [3.8, 4) is 6.07 Å². The third-order valence-corrected chi connectivity index (χ3v) is 4.88. The first-order valence-electron chi connectivity index (χ1n) is 6.49. The van der Waals surface area contributed by atoms with Crippen molar-refractivity contribution >= 4 is 15.9 Å². The Balaban J connectivity index is 2.63. The van der Waals surface area contributed by atoms with Gasteiger partial charge in [-0.1, -0.05) is 59.3 Å². The fraction of sp³-hybridized carbons (Fsp3) is 0.235. The average molecular weight is 350 g/mol. The molecule has 0 bridgehead atoms. The Morgan fingerprint density at radius 3 is 2.14 bits per heavy atom. The number of halogens is 3. The molecule has 0 amide bonds. The van der Waals surface area contributed by atoms with Crippen LogP contribution in [-0.2, 0) is 5.41 Å². The van der Waals surface area contributed by atoms with Gasteiger partial charge in [0, 0.05) is 16.3 Å². The van der Waals surface area contributed by atoms with E-state index < -0.39 is 23.0 Å². The molecule has 2 aromatic carbocycles. The normalized spacial score (nSPS) is 15.0. The Morgan fingerprint density at radius 1 is 1.10 bits per heavy atom. The van der Waals surface area contributed by atoms with Crippen LogP contribution in [-0.4, -0.2) is 5.33 Å². The molecule has 2 rings (SSSR count). The van der Waals surface area contributed by atoms with Gasteiger partial charge in [0.05, 0.1) is 12.0 Å². The van der Waals surface area contributed by atoms with Crippen LogP contribution in [0.4, 0.5) is 8.78 Å². The number of rotatable bonds is 4. The van der Waals surface area contributed by atoms with Crippen molar-refractivity contribution in [2.24, 2.45) is 0 Å². The predicted molar refractivity (Wildman–Crippen MR) is 82.3 cm³/mol. The second-order valence-corrected chi connectivity index (χ2v) is 5.68. The van der Waals surface area contributed by atoms with E-state index in [1.165, 1.54) is 18.2 Å². The monoisotopic (exact) mass is 349 g/mol. The molecule has 0 aromatic heterocycles. The van der Waals surface area contributed by atoms with E-state index in [4.69, 9.17) is 0 Å². The second kappa shape index (κ2) is 6.36. The van der Waals surface area contributed by atoms with Gasteiger partial charge in [0.2, 0.25) is 0 Å². The molecular weight excluding hydrogens is 336 g/mol. The third kappa shape index (κ3) is 2.84. The van der Waals surface area contributed by atoms with Crippen LogP contribution in [0.3, 0.4) is 0 Å². The first-order valence-corrected chi connectivity index (χ1v) is 7.61. The maximum Gasteiger partial charge on any atom is 0.129 e. The van der Waals surface area contributed by atoms with Crippen LogP contribution in [0.2, 0.25) is 0 Å². The summed E-state index contributed by atoms with van der Waals surface area (Å²) in [7, 11) is 0. The van der Waals surface area contributed by atoms with Gasteiger partial charge in [-0.15, -0.1) is 0 Å². The minimum atomic E-state index is -1.01.